The van der Waals surface area contributed by atoms with E-state index in [0.717, 1.165) is 36.7 Å². The summed E-state index contributed by atoms with van der Waals surface area (Å²) in [6, 6.07) is 12.2. The van der Waals surface area contributed by atoms with Crippen LogP contribution in [0.15, 0.2) is 48.8 Å². The minimum atomic E-state index is 0.0698. The summed E-state index contributed by atoms with van der Waals surface area (Å²) >= 11 is 1.76. The predicted molar refractivity (Wildman–Crippen MR) is 99.7 cm³/mol. The lowest BCUT2D eigenvalue weighted by atomic mass is 10.2. The molecule has 1 aliphatic heterocycles. The molecular weight excluding hydrogens is 332 g/mol. The Labute approximate surface area is 150 Å². The summed E-state index contributed by atoms with van der Waals surface area (Å²) in [5.41, 5.74) is 1.73. The fraction of sp³-hybridized carbons (Fsp3) is 0.316. The summed E-state index contributed by atoms with van der Waals surface area (Å²) in [5, 5.41) is 1.15. The third kappa shape index (κ3) is 3.27. The number of rotatable bonds is 3. The third-order valence-corrected chi connectivity index (χ3v) is 5.93. The number of benzene rings is 1. The molecule has 128 valence electrons. The number of hydrogen-bond acceptors (Lipinski definition) is 5. The number of carbonyl (C=O) groups is 1. The van der Waals surface area contributed by atoms with Crippen molar-refractivity contribution in [2.75, 3.05) is 26.2 Å². The van der Waals surface area contributed by atoms with E-state index in [2.05, 4.69) is 35.0 Å². The maximum absolute atomic E-state index is 12.5. The number of amides is 1. The van der Waals surface area contributed by atoms with Gasteiger partial charge < -0.3 is 4.90 Å². The van der Waals surface area contributed by atoms with Gasteiger partial charge in [-0.2, -0.15) is 0 Å². The summed E-state index contributed by atoms with van der Waals surface area (Å²) < 4.78 is 1.23. The second-order valence-corrected chi connectivity index (χ2v) is 7.33. The fourth-order valence-corrected chi connectivity index (χ4v) is 4.26. The van der Waals surface area contributed by atoms with Crippen molar-refractivity contribution >= 4 is 27.5 Å². The van der Waals surface area contributed by atoms with Gasteiger partial charge in [0.15, 0.2) is 0 Å². The first-order valence-corrected chi connectivity index (χ1v) is 9.33. The van der Waals surface area contributed by atoms with Gasteiger partial charge in [-0.3, -0.25) is 14.7 Å². The summed E-state index contributed by atoms with van der Waals surface area (Å²) in [7, 11) is 0. The van der Waals surface area contributed by atoms with Crippen LogP contribution in [0.4, 0.5) is 0 Å². The molecule has 1 aromatic carbocycles. The molecule has 1 aliphatic rings. The van der Waals surface area contributed by atoms with Gasteiger partial charge in [-0.15, -0.1) is 11.3 Å². The van der Waals surface area contributed by atoms with Crippen molar-refractivity contribution in [1.82, 2.24) is 19.8 Å². The zero-order valence-corrected chi connectivity index (χ0v) is 14.9. The Morgan fingerprint density at radius 1 is 1.12 bits per heavy atom. The van der Waals surface area contributed by atoms with Crippen molar-refractivity contribution in [3.05, 3.63) is 59.4 Å². The zero-order valence-electron chi connectivity index (χ0n) is 14.1. The number of aromatic nitrogens is 2. The maximum Gasteiger partial charge on any atom is 0.255 e. The number of hydrogen-bond donors (Lipinski definition) is 0. The lowest BCUT2D eigenvalue weighted by Gasteiger charge is -2.37. The van der Waals surface area contributed by atoms with Crippen molar-refractivity contribution in [2.24, 2.45) is 0 Å². The topological polar surface area (TPSA) is 49.3 Å². The van der Waals surface area contributed by atoms with Crippen LogP contribution >= 0.6 is 11.3 Å². The number of para-hydroxylation sites is 1. The van der Waals surface area contributed by atoms with Gasteiger partial charge in [-0.1, -0.05) is 12.1 Å². The van der Waals surface area contributed by atoms with Crippen LogP contribution in [0.1, 0.15) is 28.3 Å². The number of piperazine rings is 1. The average molecular weight is 352 g/mol. The van der Waals surface area contributed by atoms with E-state index in [0.29, 0.717) is 5.56 Å². The largest absolute Gasteiger partial charge is 0.336 e. The number of pyridine rings is 1. The molecule has 1 amide bonds. The minimum Gasteiger partial charge on any atom is -0.336 e. The van der Waals surface area contributed by atoms with E-state index in [-0.39, 0.29) is 11.9 Å². The highest BCUT2D eigenvalue weighted by atomic mass is 32.1. The highest BCUT2D eigenvalue weighted by molar-refractivity contribution is 7.18. The third-order valence-electron chi connectivity index (χ3n) is 4.73. The molecule has 6 heteroatoms. The highest BCUT2D eigenvalue weighted by Gasteiger charge is 2.26. The molecule has 0 spiro atoms. The second-order valence-electron chi connectivity index (χ2n) is 6.27. The zero-order chi connectivity index (χ0) is 17.2. The van der Waals surface area contributed by atoms with Crippen molar-refractivity contribution in [3.63, 3.8) is 0 Å². The smallest absolute Gasteiger partial charge is 0.255 e. The minimum absolute atomic E-state index is 0.0698. The Hall–Kier alpha value is -2.31. The molecule has 0 bridgehead atoms. The van der Waals surface area contributed by atoms with Crippen LogP contribution in [0.3, 0.4) is 0 Å². The van der Waals surface area contributed by atoms with Gasteiger partial charge in [0.05, 0.1) is 21.8 Å². The fourth-order valence-electron chi connectivity index (χ4n) is 3.21. The van der Waals surface area contributed by atoms with E-state index >= 15 is 0 Å². The van der Waals surface area contributed by atoms with Crippen LogP contribution in [0.5, 0.6) is 0 Å². The quantitative estimate of drug-likeness (QED) is 0.726. The summed E-state index contributed by atoms with van der Waals surface area (Å²) in [4.78, 5) is 25.7. The molecule has 3 heterocycles. The van der Waals surface area contributed by atoms with Crippen molar-refractivity contribution < 1.29 is 4.79 Å². The molecule has 1 saturated heterocycles. The Bertz CT molecular complexity index is 838. The van der Waals surface area contributed by atoms with E-state index < -0.39 is 0 Å². The van der Waals surface area contributed by atoms with Crippen molar-refractivity contribution in [1.29, 1.82) is 0 Å². The highest BCUT2D eigenvalue weighted by Crippen LogP contribution is 2.30. The first kappa shape index (κ1) is 16.2. The molecule has 4 rings (SSSR count). The molecule has 1 fully saturated rings. The Balaban J connectivity index is 1.42. The summed E-state index contributed by atoms with van der Waals surface area (Å²) in [5.74, 6) is 0.0698. The van der Waals surface area contributed by atoms with E-state index in [1.807, 2.05) is 17.0 Å². The van der Waals surface area contributed by atoms with Crippen LogP contribution in [0.2, 0.25) is 0 Å². The van der Waals surface area contributed by atoms with Crippen LogP contribution in [-0.2, 0) is 0 Å². The van der Waals surface area contributed by atoms with E-state index in [1.165, 1.54) is 4.70 Å². The molecule has 3 aromatic rings. The average Bonchev–Trinajstić information content (AvgIpc) is 3.12. The molecular formula is C19H20N4OS. The van der Waals surface area contributed by atoms with Gasteiger partial charge in [0.25, 0.3) is 5.91 Å². The van der Waals surface area contributed by atoms with Gasteiger partial charge in [0.2, 0.25) is 0 Å². The van der Waals surface area contributed by atoms with Crippen molar-refractivity contribution in [2.45, 2.75) is 13.0 Å². The van der Waals surface area contributed by atoms with Gasteiger partial charge in [0.1, 0.15) is 5.01 Å². The molecule has 0 unspecified atom stereocenters. The van der Waals surface area contributed by atoms with E-state index in [1.54, 1.807) is 29.8 Å². The SMILES string of the molecule is C[C@H](c1nc2ccccc2s1)N1CCN(C(=O)c2cccnc2)CC1. The van der Waals surface area contributed by atoms with Crippen LogP contribution in [0, 0.1) is 0 Å². The molecule has 25 heavy (non-hydrogen) atoms. The number of nitrogens with zero attached hydrogens (tertiary/aromatic N) is 4. The molecule has 5 nitrogen and oxygen atoms in total. The number of thiazole rings is 1. The molecule has 0 aliphatic carbocycles. The summed E-state index contributed by atoms with van der Waals surface area (Å²) in [6.07, 6.45) is 3.33. The molecule has 0 radical (unpaired) electrons. The monoisotopic (exact) mass is 352 g/mol. The van der Waals surface area contributed by atoms with Gasteiger partial charge >= 0.3 is 0 Å². The predicted octanol–water partition coefficient (Wildman–Crippen LogP) is 3.21. The van der Waals surface area contributed by atoms with Crippen LogP contribution in [0.25, 0.3) is 10.2 Å². The Morgan fingerprint density at radius 3 is 2.64 bits per heavy atom. The van der Waals surface area contributed by atoms with Crippen LogP contribution < -0.4 is 0 Å². The molecule has 2 aromatic heterocycles. The lowest BCUT2D eigenvalue weighted by Crippen LogP contribution is -2.49. The Kier molecular flexibility index (Phi) is 4.46. The summed E-state index contributed by atoms with van der Waals surface area (Å²) in [6.45, 7) is 5.41. The number of fused-ring (bicyclic) bond motifs is 1. The second kappa shape index (κ2) is 6.90. The van der Waals surface area contributed by atoms with Gasteiger partial charge in [-0.05, 0) is 31.2 Å². The molecule has 0 saturated carbocycles. The standard InChI is InChI=1S/C19H20N4OS/c1-14(18-21-16-6-2-3-7-17(16)25-18)22-9-11-23(12-10-22)19(24)15-5-4-8-20-13-15/h2-8,13-14H,9-12H2,1H3/t14-/m1/s1. The maximum atomic E-state index is 12.5. The molecule has 0 N–H and O–H groups in total. The van der Waals surface area contributed by atoms with Gasteiger partial charge in [0, 0.05) is 38.6 Å². The molecule has 1 atom stereocenters. The number of carbonyl (C=O) groups excluding carboxylic acids is 1. The Morgan fingerprint density at radius 2 is 1.92 bits per heavy atom. The van der Waals surface area contributed by atoms with E-state index in [9.17, 15) is 4.79 Å². The first-order chi connectivity index (χ1) is 12.2. The van der Waals surface area contributed by atoms with E-state index in [4.69, 9.17) is 4.98 Å². The first-order valence-electron chi connectivity index (χ1n) is 8.51. The van der Waals surface area contributed by atoms with Crippen LogP contribution in [-0.4, -0.2) is 51.9 Å². The normalized spacial score (nSPS) is 16.9. The van der Waals surface area contributed by atoms with Crippen molar-refractivity contribution in [3.8, 4) is 0 Å². The lowest BCUT2D eigenvalue weighted by molar-refractivity contribution is 0.0581. The van der Waals surface area contributed by atoms with Gasteiger partial charge in [-0.25, -0.2) is 4.98 Å².